The number of rotatable bonds is 42. The van der Waals surface area contributed by atoms with Gasteiger partial charge in [-0.1, -0.05) is 55.4 Å². The minimum Gasteiger partial charge on any atom is -0.375 e. The van der Waals surface area contributed by atoms with Gasteiger partial charge in [-0.05, 0) is 146 Å². The summed E-state index contributed by atoms with van der Waals surface area (Å²) >= 11 is 0. The van der Waals surface area contributed by atoms with Gasteiger partial charge in [0.1, 0.15) is 0 Å². The highest BCUT2D eigenvalue weighted by atomic mass is 28.5. The molecule has 0 heterocycles. The van der Waals surface area contributed by atoms with E-state index in [2.05, 4.69) is 75.0 Å². The van der Waals surface area contributed by atoms with Crippen LogP contribution < -0.4 is 0 Å². The zero-order valence-corrected chi connectivity index (χ0v) is 43.8. The van der Waals surface area contributed by atoms with Gasteiger partial charge in [-0.25, -0.2) is 0 Å². The molecule has 17 heteroatoms. The van der Waals surface area contributed by atoms with E-state index >= 15 is 0 Å². The first-order chi connectivity index (χ1) is 27.5. The van der Waals surface area contributed by atoms with Crippen LogP contribution in [-0.2, 0) is 38.9 Å². The zero-order chi connectivity index (χ0) is 43.1. The van der Waals surface area contributed by atoms with Gasteiger partial charge in [0.05, 0.1) is 0 Å². The monoisotopic (exact) mass is 887 g/mol. The van der Waals surface area contributed by atoms with Crippen molar-refractivity contribution < 1.29 is 38.9 Å². The summed E-state index contributed by atoms with van der Waals surface area (Å²) in [4.78, 5) is 9.76. The third-order valence-corrected chi connectivity index (χ3v) is 26.2. The van der Waals surface area contributed by atoms with E-state index in [-0.39, 0.29) is 0 Å². The van der Waals surface area contributed by atoms with Crippen molar-refractivity contribution >= 4 is 35.2 Å². The van der Waals surface area contributed by atoms with Crippen LogP contribution in [0.5, 0.6) is 0 Å². The second-order valence-corrected chi connectivity index (χ2v) is 25.8. The van der Waals surface area contributed by atoms with Gasteiger partial charge < -0.3 is 58.5 Å². The average molecular weight is 888 g/mol. The first-order valence-corrected chi connectivity index (χ1v) is 31.0. The van der Waals surface area contributed by atoms with Crippen molar-refractivity contribution in [3.8, 4) is 0 Å². The average Bonchev–Trinajstić information content (AvgIpc) is 3.19. The second-order valence-electron chi connectivity index (χ2n) is 14.2. The van der Waals surface area contributed by atoms with Crippen LogP contribution in [0.15, 0.2) is 0 Å². The van der Waals surface area contributed by atoms with Crippen LogP contribution in [0.3, 0.4) is 0 Å². The van der Waals surface area contributed by atoms with E-state index in [0.717, 1.165) is 104 Å². The van der Waals surface area contributed by atoms with E-state index < -0.39 is 35.2 Å². The summed E-state index contributed by atoms with van der Waals surface area (Å²) < 4.78 is 63.6. The van der Waals surface area contributed by atoms with Crippen LogP contribution in [0.4, 0.5) is 0 Å². The summed E-state index contributed by atoms with van der Waals surface area (Å²) in [5.74, 6) is 0. The fraction of sp³-hybridized carbons (Fsp3) is 1.00. The molecule has 0 aromatic heterocycles. The highest BCUT2D eigenvalue weighted by Crippen LogP contribution is 2.36. The Labute approximate surface area is 357 Å². The molecule has 2 unspecified atom stereocenters. The van der Waals surface area contributed by atoms with E-state index in [0.29, 0.717) is 63.8 Å². The zero-order valence-electron chi connectivity index (χ0n) is 39.8. The standard InChI is InChI=1S/C40H94N4O9Si4/c1-15-41(16-2)33-29-37-54(45-23-9,46-24-10)51-56(49-27-13,39-31-35-43(19-5)20-6)53-57(50-28-14,40-32-36-44(21-7)22-8)52-55(47-25-11,48-26-12)38-30-34-42(17-3)18-4/h15-40H2,1-14H3. The van der Waals surface area contributed by atoms with Crippen LogP contribution in [0, 0.1) is 0 Å². The maximum atomic E-state index is 7.72. The first-order valence-electron chi connectivity index (χ1n) is 23.3. The molecule has 0 aromatic carbocycles. The lowest BCUT2D eigenvalue weighted by atomic mass is 10.4. The molecule has 57 heavy (non-hydrogen) atoms. The van der Waals surface area contributed by atoms with Gasteiger partial charge in [-0.15, -0.1) is 0 Å². The van der Waals surface area contributed by atoms with Crippen molar-refractivity contribution in [3.05, 3.63) is 0 Å². The molecule has 0 rings (SSSR count). The minimum atomic E-state index is -3.69. The minimum absolute atomic E-state index is 0.416. The van der Waals surface area contributed by atoms with Crippen LogP contribution in [-0.4, -0.2) is 173 Å². The Balaban J connectivity index is 7.72. The normalized spacial score (nSPS) is 15.1. The van der Waals surface area contributed by atoms with Gasteiger partial charge in [-0.3, -0.25) is 0 Å². The molecule has 13 nitrogen and oxygen atoms in total. The molecule has 0 fully saturated rings. The summed E-state index contributed by atoms with van der Waals surface area (Å²) in [6.45, 7) is 44.1. The molecule has 0 N–H and O–H groups in total. The van der Waals surface area contributed by atoms with E-state index in [1.54, 1.807) is 0 Å². The fourth-order valence-electron chi connectivity index (χ4n) is 7.37. The van der Waals surface area contributed by atoms with E-state index in [4.69, 9.17) is 38.9 Å². The molecule has 0 spiro atoms. The number of hydrogen-bond donors (Lipinski definition) is 0. The molecule has 0 aliphatic heterocycles. The third kappa shape index (κ3) is 22.3. The van der Waals surface area contributed by atoms with E-state index in [9.17, 15) is 0 Å². The molecule has 0 saturated carbocycles. The molecule has 2 atom stereocenters. The Morgan fingerprint density at radius 3 is 0.632 bits per heavy atom. The van der Waals surface area contributed by atoms with Crippen LogP contribution in [0.2, 0.25) is 24.2 Å². The molecular formula is C40H94N4O9Si4. The Kier molecular flexibility index (Phi) is 34.1. The topological polar surface area (TPSA) is 96.0 Å². The molecule has 0 aromatic rings. The summed E-state index contributed by atoms with van der Waals surface area (Å²) in [6, 6.07) is 2.51. The number of nitrogens with zero attached hydrogens (tertiary/aromatic N) is 4. The fourth-order valence-corrected chi connectivity index (χ4v) is 24.5. The van der Waals surface area contributed by atoms with Gasteiger partial charge in [0, 0.05) is 63.8 Å². The van der Waals surface area contributed by atoms with Gasteiger partial charge in [0.2, 0.25) is 0 Å². The highest BCUT2D eigenvalue weighted by Gasteiger charge is 2.62. The first kappa shape index (κ1) is 57.3. The largest absolute Gasteiger partial charge is 0.493 e. The number of hydrogen-bond acceptors (Lipinski definition) is 13. The molecule has 0 radical (unpaired) electrons. The van der Waals surface area contributed by atoms with Crippen molar-refractivity contribution in [3.63, 3.8) is 0 Å². The molecular weight excluding hydrogens is 793 g/mol. The second kappa shape index (κ2) is 33.9. The van der Waals surface area contributed by atoms with Gasteiger partial charge in [0.15, 0.2) is 0 Å². The Bertz CT molecular complexity index is 846. The van der Waals surface area contributed by atoms with E-state index in [1.807, 2.05) is 41.5 Å². The maximum Gasteiger partial charge on any atom is 0.493 e. The van der Waals surface area contributed by atoms with Crippen LogP contribution >= 0.6 is 0 Å². The molecule has 0 bridgehead atoms. The van der Waals surface area contributed by atoms with Crippen molar-refractivity contribution in [1.82, 2.24) is 19.6 Å². The molecule has 0 saturated heterocycles. The molecule has 344 valence electrons. The smallest absolute Gasteiger partial charge is 0.375 e. The summed E-state index contributed by atoms with van der Waals surface area (Å²) in [5, 5.41) is 0. The maximum absolute atomic E-state index is 7.72. The lowest BCUT2D eigenvalue weighted by Gasteiger charge is -2.45. The Morgan fingerprint density at radius 1 is 0.263 bits per heavy atom. The third-order valence-electron chi connectivity index (χ3n) is 10.5. The Hall–Kier alpha value is 0.348. The van der Waals surface area contributed by atoms with Crippen LogP contribution in [0.1, 0.15) is 123 Å². The summed E-state index contributed by atoms with van der Waals surface area (Å²) in [6.07, 6.45) is 3.43. The quantitative estimate of drug-likeness (QED) is 0.0556. The van der Waals surface area contributed by atoms with Crippen molar-refractivity contribution in [1.29, 1.82) is 0 Å². The molecule has 0 aliphatic rings. The van der Waals surface area contributed by atoms with E-state index in [1.165, 1.54) is 0 Å². The van der Waals surface area contributed by atoms with Gasteiger partial charge >= 0.3 is 35.2 Å². The SMILES string of the molecule is CCO[Si](CCCN(CC)CC)(OCC)O[Si](CCCN(CC)CC)(OCC)O[Si](CCCN(CC)CC)(OCC)O[Si](CCCN(CC)CC)(OCC)OCC. The van der Waals surface area contributed by atoms with Crippen molar-refractivity contribution in [2.45, 2.75) is 147 Å². The van der Waals surface area contributed by atoms with Crippen molar-refractivity contribution in [2.24, 2.45) is 0 Å². The van der Waals surface area contributed by atoms with Crippen molar-refractivity contribution in [2.75, 3.05) is 118 Å². The predicted molar refractivity (Wildman–Crippen MR) is 245 cm³/mol. The Morgan fingerprint density at radius 2 is 0.439 bits per heavy atom. The lowest BCUT2D eigenvalue weighted by molar-refractivity contribution is 0.0330. The van der Waals surface area contributed by atoms with Gasteiger partial charge in [-0.2, -0.15) is 0 Å². The summed E-state index contributed by atoms with van der Waals surface area (Å²) in [5.41, 5.74) is 0. The van der Waals surface area contributed by atoms with Crippen LogP contribution in [0.25, 0.3) is 0 Å². The highest BCUT2D eigenvalue weighted by molar-refractivity contribution is 6.84. The molecule has 0 amide bonds. The summed E-state index contributed by atoms with van der Waals surface area (Å²) in [7, 11) is -14.1. The van der Waals surface area contributed by atoms with Gasteiger partial charge in [0.25, 0.3) is 0 Å². The lowest BCUT2D eigenvalue weighted by Crippen LogP contribution is -2.67. The predicted octanol–water partition coefficient (Wildman–Crippen LogP) is 7.94. The molecule has 0 aliphatic carbocycles.